The number of piperazine rings is 1. The number of hydrogen-bond acceptors (Lipinski definition) is 3. The molecule has 9 heteroatoms. The molecular weight excluding hydrogens is 405 g/mol. The standard InChI is InChI=1S/C20H16ClF3N4O/c21-12-1-2-13-16(11-12)25-6-5-17(13)27-7-9-28(10-8-27)20(29)26-15-4-3-14(22)18(23)19(15)24/h1-6,11H,7-10H2,(H,26,29). The van der Waals surface area contributed by atoms with Crippen LogP contribution in [0.5, 0.6) is 0 Å². The predicted octanol–water partition coefficient (Wildman–Crippen LogP) is 4.66. The molecule has 0 unspecified atom stereocenters. The molecule has 150 valence electrons. The summed E-state index contributed by atoms with van der Waals surface area (Å²) in [7, 11) is 0. The quantitative estimate of drug-likeness (QED) is 0.613. The first-order valence-electron chi connectivity index (χ1n) is 8.92. The molecule has 1 N–H and O–H groups in total. The fraction of sp³-hybridized carbons (Fsp3) is 0.200. The lowest BCUT2D eigenvalue weighted by Crippen LogP contribution is -2.50. The monoisotopic (exact) mass is 420 g/mol. The normalized spacial score (nSPS) is 14.3. The summed E-state index contributed by atoms with van der Waals surface area (Å²) in [6, 6.07) is 8.60. The van der Waals surface area contributed by atoms with Crippen LogP contribution in [0.3, 0.4) is 0 Å². The lowest BCUT2D eigenvalue weighted by Gasteiger charge is -2.36. The Bertz CT molecular complexity index is 1090. The van der Waals surface area contributed by atoms with Gasteiger partial charge in [0.05, 0.1) is 11.2 Å². The van der Waals surface area contributed by atoms with Crippen molar-refractivity contribution in [1.82, 2.24) is 9.88 Å². The zero-order valence-corrected chi connectivity index (χ0v) is 15.9. The molecule has 0 atom stereocenters. The molecule has 0 bridgehead atoms. The van der Waals surface area contributed by atoms with E-state index in [0.29, 0.717) is 31.2 Å². The summed E-state index contributed by atoms with van der Waals surface area (Å²) in [6.07, 6.45) is 1.71. The van der Waals surface area contributed by atoms with Gasteiger partial charge in [-0.3, -0.25) is 4.98 Å². The number of hydrogen-bond donors (Lipinski definition) is 1. The summed E-state index contributed by atoms with van der Waals surface area (Å²) in [5.74, 6) is -4.34. The van der Waals surface area contributed by atoms with Crippen LogP contribution >= 0.6 is 11.6 Å². The maximum atomic E-state index is 13.8. The third kappa shape index (κ3) is 3.80. The molecule has 3 aromatic rings. The molecule has 2 heterocycles. The Labute approximate surface area is 169 Å². The largest absolute Gasteiger partial charge is 0.367 e. The number of amides is 2. The van der Waals surface area contributed by atoms with E-state index in [9.17, 15) is 18.0 Å². The minimum atomic E-state index is -1.61. The lowest BCUT2D eigenvalue weighted by molar-refractivity contribution is 0.208. The Morgan fingerprint density at radius 3 is 2.52 bits per heavy atom. The van der Waals surface area contributed by atoms with E-state index in [1.54, 1.807) is 18.3 Å². The van der Waals surface area contributed by atoms with Crippen LogP contribution < -0.4 is 10.2 Å². The number of halogens is 4. The second-order valence-corrected chi connectivity index (χ2v) is 7.06. The van der Waals surface area contributed by atoms with Crippen molar-refractivity contribution in [2.75, 3.05) is 36.4 Å². The second kappa shape index (κ2) is 7.79. The van der Waals surface area contributed by atoms with Crippen molar-refractivity contribution in [3.05, 3.63) is 65.1 Å². The van der Waals surface area contributed by atoms with Crippen LogP contribution in [-0.4, -0.2) is 42.1 Å². The smallest absolute Gasteiger partial charge is 0.322 e. The van der Waals surface area contributed by atoms with Gasteiger partial charge in [0.1, 0.15) is 0 Å². The number of carbonyl (C=O) groups is 1. The van der Waals surface area contributed by atoms with E-state index < -0.39 is 29.2 Å². The van der Waals surface area contributed by atoms with E-state index >= 15 is 0 Å². The molecule has 0 saturated carbocycles. The summed E-state index contributed by atoms with van der Waals surface area (Å²) in [5.41, 5.74) is 1.37. The van der Waals surface area contributed by atoms with Crippen LogP contribution in [-0.2, 0) is 0 Å². The van der Waals surface area contributed by atoms with E-state index in [-0.39, 0.29) is 0 Å². The third-order valence-electron chi connectivity index (χ3n) is 4.87. The topological polar surface area (TPSA) is 48.5 Å². The van der Waals surface area contributed by atoms with Gasteiger partial charge in [-0.25, -0.2) is 18.0 Å². The maximum Gasteiger partial charge on any atom is 0.322 e. The fourth-order valence-corrected chi connectivity index (χ4v) is 3.52. The minimum Gasteiger partial charge on any atom is -0.367 e. The highest BCUT2D eigenvalue weighted by Gasteiger charge is 2.24. The number of urea groups is 1. The summed E-state index contributed by atoms with van der Waals surface area (Å²) < 4.78 is 40.2. The second-order valence-electron chi connectivity index (χ2n) is 6.62. The molecule has 4 rings (SSSR count). The number of carbonyl (C=O) groups excluding carboxylic acids is 1. The highest BCUT2D eigenvalue weighted by Crippen LogP contribution is 2.28. The molecule has 29 heavy (non-hydrogen) atoms. The van der Waals surface area contributed by atoms with Gasteiger partial charge in [0, 0.05) is 48.5 Å². The minimum absolute atomic E-state index is 0.383. The van der Waals surface area contributed by atoms with Gasteiger partial charge in [-0.1, -0.05) is 11.6 Å². The van der Waals surface area contributed by atoms with Crippen molar-refractivity contribution in [1.29, 1.82) is 0 Å². The molecule has 0 radical (unpaired) electrons. The lowest BCUT2D eigenvalue weighted by atomic mass is 10.1. The van der Waals surface area contributed by atoms with Crippen molar-refractivity contribution in [3.8, 4) is 0 Å². The molecule has 1 aromatic heterocycles. The Kier molecular flexibility index (Phi) is 5.19. The van der Waals surface area contributed by atoms with E-state index in [0.717, 1.165) is 28.7 Å². The van der Waals surface area contributed by atoms with Crippen molar-refractivity contribution in [2.45, 2.75) is 0 Å². The Hall–Kier alpha value is -3.00. The van der Waals surface area contributed by atoms with Crippen LogP contribution in [0.2, 0.25) is 5.02 Å². The van der Waals surface area contributed by atoms with Crippen LogP contribution in [0, 0.1) is 17.5 Å². The van der Waals surface area contributed by atoms with Crippen molar-refractivity contribution >= 4 is 39.9 Å². The summed E-state index contributed by atoms with van der Waals surface area (Å²) in [5, 5.41) is 3.86. The van der Waals surface area contributed by atoms with E-state index in [2.05, 4.69) is 15.2 Å². The van der Waals surface area contributed by atoms with Gasteiger partial charge >= 0.3 is 6.03 Å². The van der Waals surface area contributed by atoms with Gasteiger partial charge in [-0.2, -0.15) is 0 Å². The van der Waals surface area contributed by atoms with E-state index in [4.69, 9.17) is 11.6 Å². The van der Waals surface area contributed by atoms with Gasteiger partial charge in [0.25, 0.3) is 0 Å². The molecule has 2 aromatic carbocycles. The number of rotatable bonds is 2. The van der Waals surface area contributed by atoms with Crippen LogP contribution in [0.15, 0.2) is 42.6 Å². The van der Waals surface area contributed by atoms with Crippen molar-refractivity contribution in [2.24, 2.45) is 0 Å². The third-order valence-corrected chi connectivity index (χ3v) is 5.10. The molecule has 1 saturated heterocycles. The van der Waals surface area contributed by atoms with Gasteiger partial charge in [-0.15, -0.1) is 0 Å². The molecular formula is C20H16ClF3N4O. The fourth-order valence-electron chi connectivity index (χ4n) is 3.35. The summed E-state index contributed by atoms with van der Waals surface area (Å²) in [4.78, 5) is 20.4. The van der Waals surface area contributed by atoms with Crippen LogP contribution in [0.25, 0.3) is 10.9 Å². The molecule has 5 nitrogen and oxygen atoms in total. The first-order valence-corrected chi connectivity index (χ1v) is 9.30. The number of fused-ring (bicyclic) bond motifs is 1. The molecule has 1 aliphatic heterocycles. The SMILES string of the molecule is O=C(Nc1ccc(F)c(F)c1F)N1CCN(c2ccnc3cc(Cl)ccc23)CC1. The average molecular weight is 421 g/mol. The van der Waals surface area contributed by atoms with Gasteiger partial charge in [0.2, 0.25) is 0 Å². The van der Waals surface area contributed by atoms with Gasteiger partial charge in [-0.05, 0) is 36.4 Å². The summed E-state index contributed by atoms with van der Waals surface area (Å²) in [6.45, 7) is 1.87. The van der Waals surface area contributed by atoms with Gasteiger partial charge < -0.3 is 15.1 Å². The van der Waals surface area contributed by atoms with Crippen LogP contribution in [0.1, 0.15) is 0 Å². The van der Waals surface area contributed by atoms with Gasteiger partial charge in [0.15, 0.2) is 17.5 Å². The number of nitrogens with zero attached hydrogens (tertiary/aromatic N) is 3. The maximum absolute atomic E-state index is 13.8. The Morgan fingerprint density at radius 2 is 1.76 bits per heavy atom. The average Bonchev–Trinajstić information content (AvgIpc) is 2.73. The first-order chi connectivity index (χ1) is 13.9. The molecule has 0 aliphatic carbocycles. The zero-order valence-electron chi connectivity index (χ0n) is 15.1. The first kappa shape index (κ1) is 19.3. The Morgan fingerprint density at radius 1 is 1.00 bits per heavy atom. The highest BCUT2D eigenvalue weighted by atomic mass is 35.5. The van der Waals surface area contributed by atoms with Crippen molar-refractivity contribution in [3.63, 3.8) is 0 Å². The molecule has 0 spiro atoms. The number of aromatic nitrogens is 1. The van der Waals surface area contributed by atoms with Crippen molar-refractivity contribution < 1.29 is 18.0 Å². The zero-order chi connectivity index (χ0) is 20.5. The molecule has 2 amide bonds. The molecule has 1 aliphatic rings. The number of benzene rings is 2. The molecule has 1 fully saturated rings. The number of pyridine rings is 1. The van der Waals surface area contributed by atoms with E-state index in [1.165, 1.54) is 4.90 Å². The highest BCUT2D eigenvalue weighted by molar-refractivity contribution is 6.31. The number of anilines is 2. The Balaban J connectivity index is 1.45. The van der Waals surface area contributed by atoms with Crippen LogP contribution in [0.4, 0.5) is 29.3 Å². The summed E-state index contributed by atoms with van der Waals surface area (Å²) >= 11 is 6.03. The predicted molar refractivity (Wildman–Crippen MR) is 106 cm³/mol. The van der Waals surface area contributed by atoms with E-state index in [1.807, 2.05) is 12.1 Å². The number of nitrogens with one attached hydrogen (secondary N) is 1.